The molecule has 0 spiro atoms. The maximum Gasteiger partial charge on any atom is 0.306 e. The Kier molecular flexibility index (Phi) is 7.64. The zero-order valence-corrected chi connectivity index (χ0v) is 15.7. The van der Waals surface area contributed by atoms with Gasteiger partial charge in [0.05, 0.1) is 26.2 Å². The van der Waals surface area contributed by atoms with Crippen LogP contribution >= 0.6 is 0 Å². The maximum absolute atomic E-state index is 11.6. The van der Waals surface area contributed by atoms with Crippen molar-refractivity contribution in [2.45, 2.75) is 31.4 Å². The largest absolute Gasteiger partial charge is 0.497 e. The Hall–Kier alpha value is -2.57. The highest BCUT2D eigenvalue weighted by Gasteiger charge is 2.25. The molecule has 6 heteroatoms. The minimum absolute atomic E-state index is 0.0959. The molecule has 2 aromatic rings. The van der Waals surface area contributed by atoms with Crippen molar-refractivity contribution in [3.63, 3.8) is 0 Å². The first-order valence-electron chi connectivity index (χ1n) is 8.85. The summed E-state index contributed by atoms with van der Waals surface area (Å²) in [5, 5.41) is 19.9. The first kappa shape index (κ1) is 20.7. The number of aliphatic hydroxyl groups excluding tert-OH is 1. The average Bonchev–Trinajstić information content (AvgIpc) is 2.68. The molecule has 27 heavy (non-hydrogen) atoms. The predicted molar refractivity (Wildman–Crippen MR) is 103 cm³/mol. The summed E-state index contributed by atoms with van der Waals surface area (Å²) in [5.41, 5.74) is 7.95. The fraction of sp³-hybridized carbons (Fsp3) is 0.381. The van der Waals surface area contributed by atoms with E-state index < -0.39 is 24.0 Å². The first-order valence-corrected chi connectivity index (χ1v) is 8.85. The lowest BCUT2D eigenvalue weighted by atomic mass is 9.90. The number of hydrogen-bond donors (Lipinski definition) is 3. The molecule has 0 saturated carbocycles. The van der Waals surface area contributed by atoms with E-state index in [0.29, 0.717) is 18.6 Å². The van der Waals surface area contributed by atoms with Crippen LogP contribution in [0.5, 0.6) is 11.5 Å². The van der Waals surface area contributed by atoms with Crippen molar-refractivity contribution >= 4 is 5.97 Å². The Labute approximate surface area is 159 Å². The van der Waals surface area contributed by atoms with E-state index in [2.05, 4.69) is 0 Å². The fourth-order valence-corrected chi connectivity index (χ4v) is 2.95. The molecule has 3 atom stereocenters. The summed E-state index contributed by atoms with van der Waals surface area (Å²) in [7, 11) is 3.18. The van der Waals surface area contributed by atoms with E-state index in [9.17, 15) is 15.0 Å². The summed E-state index contributed by atoms with van der Waals surface area (Å²) >= 11 is 0. The summed E-state index contributed by atoms with van der Waals surface area (Å²) in [4.78, 5) is 11.6. The van der Waals surface area contributed by atoms with Crippen LogP contribution in [0.25, 0.3) is 0 Å². The van der Waals surface area contributed by atoms with Crippen LogP contribution in [-0.2, 0) is 17.6 Å². The molecule has 0 aliphatic heterocycles. The normalized spacial score (nSPS) is 14.2. The van der Waals surface area contributed by atoms with Crippen molar-refractivity contribution in [1.82, 2.24) is 0 Å². The standard InChI is InChI=1S/C21H27NO5/c1-26-17-7-3-14(4-8-17)11-16(21(24)25)13-20(23)19(22)12-15-5-9-18(27-2)10-6-15/h3-10,16,19-20,23H,11-13,22H2,1-2H3,(H,24,25)/t16-,19+,20+/m1/s1. The van der Waals surface area contributed by atoms with E-state index in [1.165, 1.54) is 0 Å². The summed E-state index contributed by atoms with van der Waals surface area (Å²) in [6.45, 7) is 0. The molecule has 0 saturated heterocycles. The van der Waals surface area contributed by atoms with Gasteiger partial charge in [-0.2, -0.15) is 0 Å². The molecule has 0 heterocycles. The van der Waals surface area contributed by atoms with E-state index in [0.717, 1.165) is 16.9 Å². The average molecular weight is 373 g/mol. The SMILES string of the molecule is COc1ccc(C[C@H](C[C@H](O)[C@@H](N)Cc2ccc(OC)cc2)C(=O)O)cc1. The van der Waals surface area contributed by atoms with Crippen LogP contribution in [0.2, 0.25) is 0 Å². The third-order valence-electron chi connectivity index (χ3n) is 4.64. The van der Waals surface area contributed by atoms with Gasteiger partial charge in [0.15, 0.2) is 0 Å². The van der Waals surface area contributed by atoms with Gasteiger partial charge >= 0.3 is 5.97 Å². The zero-order valence-electron chi connectivity index (χ0n) is 15.7. The Morgan fingerprint density at radius 3 is 1.78 bits per heavy atom. The highest BCUT2D eigenvalue weighted by molar-refractivity contribution is 5.70. The van der Waals surface area contributed by atoms with Crippen molar-refractivity contribution in [1.29, 1.82) is 0 Å². The third-order valence-corrected chi connectivity index (χ3v) is 4.64. The summed E-state index contributed by atoms with van der Waals surface area (Å²) < 4.78 is 10.2. The lowest BCUT2D eigenvalue weighted by Gasteiger charge is -2.22. The summed E-state index contributed by atoms with van der Waals surface area (Å²) in [6.07, 6.45) is -0.0314. The molecule has 0 radical (unpaired) electrons. The van der Waals surface area contributed by atoms with Crippen LogP contribution < -0.4 is 15.2 Å². The Morgan fingerprint density at radius 2 is 1.37 bits per heavy atom. The predicted octanol–water partition coefficient (Wildman–Crippen LogP) is 2.27. The van der Waals surface area contributed by atoms with E-state index in [1.54, 1.807) is 26.4 Å². The number of benzene rings is 2. The van der Waals surface area contributed by atoms with Crippen LogP contribution in [0, 0.1) is 5.92 Å². The second-order valence-electron chi connectivity index (χ2n) is 6.61. The van der Waals surface area contributed by atoms with Crippen LogP contribution in [0.3, 0.4) is 0 Å². The molecule has 146 valence electrons. The minimum atomic E-state index is -0.943. The molecule has 2 rings (SSSR count). The summed E-state index contributed by atoms with van der Waals surface area (Å²) in [5.74, 6) is -0.192. The quantitative estimate of drug-likeness (QED) is 0.590. The lowest BCUT2D eigenvalue weighted by Crippen LogP contribution is -2.39. The Bertz CT molecular complexity index is 714. The number of methoxy groups -OCH3 is 2. The van der Waals surface area contributed by atoms with E-state index in [4.69, 9.17) is 15.2 Å². The number of aliphatic hydroxyl groups is 1. The van der Waals surface area contributed by atoms with Gasteiger partial charge in [0.2, 0.25) is 0 Å². The van der Waals surface area contributed by atoms with Gasteiger partial charge in [-0.25, -0.2) is 0 Å². The maximum atomic E-state index is 11.6. The van der Waals surface area contributed by atoms with E-state index in [-0.39, 0.29) is 6.42 Å². The number of carbonyl (C=O) groups is 1. The number of carboxylic acid groups (broad SMARTS) is 1. The van der Waals surface area contributed by atoms with Crippen molar-refractivity contribution in [2.75, 3.05) is 14.2 Å². The number of hydrogen-bond acceptors (Lipinski definition) is 5. The molecular formula is C21H27NO5. The third kappa shape index (κ3) is 6.27. The van der Waals surface area contributed by atoms with Crippen LogP contribution in [0.1, 0.15) is 17.5 Å². The number of carboxylic acids is 1. The zero-order chi connectivity index (χ0) is 19.8. The topological polar surface area (TPSA) is 102 Å². The van der Waals surface area contributed by atoms with Gasteiger partial charge in [0, 0.05) is 6.04 Å². The van der Waals surface area contributed by atoms with Crippen LogP contribution in [0.15, 0.2) is 48.5 Å². The van der Waals surface area contributed by atoms with Crippen molar-refractivity contribution in [3.8, 4) is 11.5 Å². The van der Waals surface area contributed by atoms with Crippen LogP contribution in [0.4, 0.5) is 0 Å². The van der Waals surface area contributed by atoms with Crippen molar-refractivity contribution in [3.05, 3.63) is 59.7 Å². The van der Waals surface area contributed by atoms with Crippen molar-refractivity contribution < 1.29 is 24.5 Å². The lowest BCUT2D eigenvalue weighted by molar-refractivity contribution is -0.142. The number of ether oxygens (including phenoxy) is 2. The first-order chi connectivity index (χ1) is 12.9. The molecule has 0 amide bonds. The molecule has 0 aromatic heterocycles. The molecule has 2 aromatic carbocycles. The van der Waals surface area contributed by atoms with Gasteiger partial charge in [-0.15, -0.1) is 0 Å². The summed E-state index contributed by atoms with van der Waals surface area (Å²) in [6, 6.07) is 14.1. The molecule has 0 bridgehead atoms. The molecule has 0 aliphatic rings. The monoisotopic (exact) mass is 373 g/mol. The highest BCUT2D eigenvalue weighted by Crippen LogP contribution is 2.20. The fourth-order valence-electron chi connectivity index (χ4n) is 2.95. The molecule has 0 unspecified atom stereocenters. The van der Waals surface area contributed by atoms with Crippen molar-refractivity contribution in [2.24, 2.45) is 11.7 Å². The van der Waals surface area contributed by atoms with Gasteiger partial charge in [0.25, 0.3) is 0 Å². The van der Waals surface area contributed by atoms with Gasteiger partial charge in [-0.3, -0.25) is 4.79 Å². The Morgan fingerprint density at radius 1 is 0.926 bits per heavy atom. The second-order valence-corrected chi connectivity index (χ2v) is 6.61. The molecule has 0 fully saturated rings. The molecule has 4 N–H and O–H groups in total. The van der Waals surface area contributed by atoms with E-state index >= 15 is 0 Å². The molecule has 6 nitrogen and oxygen atoms in total. The number of nitrogens with two attached hydrogens (primary N) is 1. The minimum Gasteiger partial charge on any atom is -0.497 e. The van der Waals surface area contributed by atoms with E-state index in [1.807, 2.05) is 36.4 Å². The van der Waals surface area contributed by atoms with Gasteiger partial charge in [-0.05, 0) is 54.7 Å². The number of rotatable bonds is 10. The van der Waals surface area contributed by atoms with Gasteiger partial charge < -0.3 is 25.4 Å². The smallest absolute Gasteiger partial charge is 0.306 e. The second kappa shape index (κ2) is 9.94. The van der Waals surface area contributed by atoms with Crippen LogP contribution in [-0.4, -0.2) is 42.5 Å². The molecule has 0 aliphatic carbocycles. The van der Waals surface area contributed by atoms with Gasteiger partial charge in [0.1, 0.15) is 11.5 Å². The number of aliphatic carboxylic acids is 1. The Balaban J connectivity index is 1.95. The highest BCUT2D eigenvalue weighted by atomic mass is 16.5. The van der Waals surface area contributed by atoms with Gasteiger partial charge in [-0.1, -0.05) is 24.3 Å². The molecular weight excluding hydrogens is 346 g/mol.